The number of nitrogen functional groups attached to an aromatic ring is 1. The van der Waals surface area contributed by atoms with Crippen LogP contribution in [0.2, 0.25) is 5.02 Å². The number of methoxy groups -OCH3 is 1. The van der Waals surface area contributed by atoms with Crippen LogP contribution < -0.4 is 15.8 Å². The molecule has 96 valence electrons. The molecular formula is C13H11ClN4O. The van der Waals surface area contributed by atoms with E-state index >= 15 is 0 Å². The smallest absolute Gasteiger partial charge is 0.153 e. The second kappa shape index (κ2) is 5.46. The molecule has 0 unspecified atom stereocenters. The van der Waals surface area contributed by atoms with E-state index in [2.05, 4.69) is 10.3 Å². The van der Waals surface area contributed by atoms with Crippen molar-refractivity contribution in [1.82, 2.24) is 4.98 Å². The van der Waals surface area contributed by atoms with E-state index in [1.165, 1.54) is 6.20 Å². The molecule has 6 heteroatoms. The molecule has 0 fully saturated rings. The van der Waals surface area contributed by atoms with Crippen molar-refractivity contribution in [2.24, 2.45) is 0 Å². The lowest BCUT2D eigenvalue weighted by Crippen LogP contribution is -2.01. The number of hydrogen-bond acceptors (Lipinski definition) is 5. The van der Waals surface area contributed by atoms with Crippen LogP contribution in [-0.4, -0.2) is 12.1 Å². The molecule has 0 saturated carbocycles. The van der Waals surface area contributed by atoms with Gasteiger partial charge in [-0.3, -0.25) is 0 Å². The Kier molecular flexibility index (Phi) is 3.74. The molecule has 0 amide bonds. The number of rotatable bonds is 3. The van der Waals surface area contributed by atoms with Gasteiger partial charge in [0, 0.05) is 11.2 Å². The predicted molar refractivity (Wildman–Crippen MR) is 74.7 cm³/mol. The van der Waals surface area contributed by atoms with Gasteiger partial charge < -0.3 is 15.8 Å². The van der Waals surface area contributed by atoms with Crippen molar-refractivity contribution in [2.75, 3.05) is 18.2 Å². The zero-order valence-corrected chi connectivity index (χ0v) is 10.9. The van der Waals surface area contributed by atoms with Gasteiger partial charge in [0.15, 0.2) is 5.82 Å². The molecule has 0 aliphatic carbocycles. The molecule has 1 heterocycles. The zero-order valence-electron chi connectivity index (χ0n) is 10.1. The molecule has 0 bridgehead atoms. The Balaban J connectivity index is 2.36. The van der Waals surface area contributed by atoms with Gasteiger partial charge in [0.25, 0.3) is 0 Å². The van der Waals surface area contributed by atoms with E-state index in [4.69, 9.17) is 27.3 Å². The minimum absolute atomic E-state index is 0.376. The van der Waals surface area contributed by atoms with Crippen molar-refractivity contribution >= 4 is 28.8 Å². The lowest BCUT2D eigenvalue weighted by atomic mass is 10.2. The lowest BCUT2D eigenvalue weighted by molar-refractivity contribution is 0.417. The van der Waals surface area contributed by atoms with E-state index in [0.717, 1.165) is 0 Å². The summed E-state index contributed by atoms with van der Waals surface area (Å²) in [6, 6.07) is 8.69. The fraction of sp³-hybridized carbons (Fsp3) is 0.0769. The van der Waals surface area contributed by atoms with Crippen LogP contribution in [0.25, 0.3) is 0 Å². The average Bonchev–Trinajstić information content (AvgIpc) is 2.41. The lowest BCUT2D eigenvalue weighted by Gasteiger charge is -2.12. The Hall–Kier alpha value is -2.45. The average molecular weight is 275 g/mol. The van der Waals surface area contributed by atoms with Crippen molar-refractivity contribution in [3.8, 4) is 11.8 Å². The van der Waals surface area contributed by atoms with Gasteiger partial charge in [0.2, 0.25) is 0 Å². The molecule has 2 aromatic rings. The fourth-order valence-corrected chi connectivity index (χ4v) is 1.72. The number of aromatic nitrogens is 1. The molecule has 0 spiro atoms. The number of hydrogen-bond donors (Lipinski definition) is 2. The summed E-state index contributed by atoms with van der Waals surface area (Å²) in [6.45, 7) is 0. The molecule has 5 nitrogen and oxygen atoms in total. The van der Waals surface area contributed by atoms with E-state index in [0.29, 0.717) is 33.5 Å². The Morgan fingerprint density at radius 3 is 2.84 bits per heavy atom. The third-order valence-electron chi connectivity index (χ3n) is 2.46. The van der Waals surface area contributed by atoms with Crippen molar-refractivity contribution in [2.45, 2.75) is 0 Å². The Morgan fingerprint density at radius 2 is 2.21 bits per heavy atom. The maximum absolute atomic E-state index is 8.76. The molecular weight excluding hydrogens is 264 g/mol. The number of nitrogens with two attached hydrogens (primary N) is 1. The van der Waals surface area contributed by atoms with Crippen LogP contribution in [0.3, 0.4) is 0 Å². The van der Waals surface area contributed by atoms with Gasteiger partial charge in [-0.15, -0.1) is 0 Å². The molecule has 1 aromatic heterocycles. The van der Waals surface area contributed by atoms with Crippen LogP contribution >= 0.6 is 11.6 Å². The van der Waals surface area contributed by atoms with Gasteiger partial charge in [-0.2, -0.15) is 5.26 Å². The largest absolute Gasteiger partial charge is 0.495 e. The minimum Gasteiger partial charge on any atom is -0.495 e. The summed E-state index contributed by atoms with van der Waals surface area (Å²) in [5.74, 6) is 1.06. The zero-order chi connectivity index (χ0) is 13.8. The van der Waals surface area contributed by atoms with Crippen LogP contribution in [0, 0.1) is 11.3 Å². The van der Waals surface area contributed by atoms with Crippen molar-refractivity contribution in [3.05, 3.63) is 41.0 Å². The first-order chi connectivity index (χ1) is 9.13. The van der Waals surface area contributed by atoms with Crippen LogP contribution in [0.4, 0.5) is 17.2 Å². The number of nitrogens with zero attached hydrogens (tertiary/aromatic N) is 2. The second-order valence-corrected chi connectivity index (χ2v) is 4.18. The highest BCUT2D eigenvalue weighted by molar-refractivity contribution is 6.31. The van der Waals surface area contributed by atoms with Gasteiger partial charge in [-0.05, 0) is 24.3 Å². The maximum Gasteiger partial charge on any atom is 0.153 e. The van der Waals surface area contributed by atoms with Crippen molar-refractivity contribution in [1.29, 1.82) is 5.26 Å². The van der Waals surface area contributed by atoms with Crippen molar-refractivity contribution < 1.29 is 4.74 Å². The summed E-state index contributed by atoms with van der Waals surface area (Å²) in [5.41, 5.74) is 7.26. The number of nitrogens with one attached hydrogen (secondary N) is 1. The summed E-state index contributed by atoms with van der Waals surface area (Å²) in [4.78, 5) is 4.09. The van der Waals surface area contributed by atoms with Crippen LogP contribution in [0.5, 0.6) is 5.75 Å². The molecule has 19 heavy (non-hydrogen) atoms. The highest BCUT2D eigenvalue weighted by Gasteiger charge is 2.08. The predicted octanol–water partition coefficient (Wildman–Crippen LogP) is 2.94. The van der Waals surface area contributed by atoms with Crippen LogP contribution in [-0.2, 0) is 0 Å². The number of halogens is 1. The van der Waals surface area contributed by atoms with Gasteiger partial charge in [0.1, 0.15) is 11.8 Å². The molecule has 0 aliphatic rings. The molecule has 0 aliphatic heterocycles. The molecule has 1 aromatic carbocycles. The first-order valence-electron chi connectivity index (χ1n) is 5.40. The van der Waals surface area contributed by atoms with Crippen LogP contribution in [0.1, 0.15) is 5.56 Å². The summed E-state index contributed by atoms with van der Waals surface area (Å²) >= 11 is 5.94. The van der Waals surface area contributed by atoms with E-state index < -0.39 is 0 Å². The molecule has 2 rings (SSSR count). The second-order valence-electron chi connectivity index (χ2n) is 3.74. The number of nitriles is 1. The Labute approximate surface area is 115 Å². The standard InChI is InChI=1S/C13H11ClN4O/c1-19-12-3-2-9(14)5-11(12)18-13-10(16)4-8(6-15)7-17-13/h2-5,7H,16H2,1H3,(H,17,18). The van der Waals surface area contributed by atoms with Gasteiger partial charge >= 0.3 is 0 Å². The summed E-state index contributed by atoms with van der Waals surface area (Å²) in [7, 11) is 1.56. The van der Waals surface area contributed by atoms with Gasteiger partial charge in [-0.25, -0.2) is 4.98 Å². The molecule has 0 radical (unpaired) electrons. The third-order valence-corrected chi connectivity index (χ3v) is 2.70. The Morgan fingerprint density at radius 1 is 1.42 bits per heavy atom. The molecule has 0 saturated heterocycles. The van der Waals surface area contributed by atoms with E-state index in [-0.39, 0.29) is 0 Å². The summed E-state index contributed by atoms with van der Waals surface area (Å²) < 4.78 is 5.22. The number of pyridine rings is 1. The highest BCUT2D eigenvalue weighted by Crippen LogP contribution is 2.31. The van der Waals surface area contributed by atoms with Crippen LogP contribution in [0.15, 0.2) is 30.5 Å². The molecule has 3 N–H and O–H groups in total. The van der Waals surface area contributed by atoms with Gasteiger partial charge in [0.05, 0.1) is 24.0 Å². The third kappa shape index (κ3) is 2.87. The normalized spacial score (nSPS) is 9.74. The quantitative estimate of drug-likeness (QED) is 0.899. The van der Waals surface area contributed by atoms with E-state index in [1.807, 2.05) is 6.07 Å². The topological polar surface area (TPSA) is 84.0 Å². The highest BCUT2D eigenvalue weighted by atomic mass is 35.5. The number of anilines is 3. The first kappa shape index (κ1) is 13.0. The fourth-order valence-electron chi connectivity index (χ4n) is 1.55. The summed E-state index contributed by atoms with van der Waals surface area (Å²) in [6.07, 6.45) is 1.44. The van der Waals surface area contributed by atoms with E-state index in [9.17, 15) is 0 Å². The maximum atomic E-state index is 8.76. The SMILES string of the molecule is COc1ccc(Cl)cc1Nc1ncc(C#N)cc1N. The van der Waals surface area contributed by atoms with E-state index in [1.54, 1.807) is 31.4 Å². The number of ether oxygens (including phenoxy) is 1. The van der Waals surface area contributed by atoms with Crippen molar-refractivity contribution in [3.63, 3.8) is 0 Å². The van der Waals surface area contributed by atoms with Gasteiger partial charge in [-0.1, -0.05) is 11.6 Å². The number of benzene rings is 1. The monoisotopic (exact) mass is 274 g/mol. The Bertz CT molecular complexity index is 652. The molecule has 0 atom stereocenters. The first-order valence-corrected chi connectivity index (χ1v) is 5.78. The minimum atomic E-state index is 0.376. The summed E-state index contributed by atoms with van der Waals surface area (Å²) in [5, 5.41) is 12.4.